The minimum Gasteiger partial charge on any atom is -0.493 e. The SMILES string of the molecule is COc1cc(NS(=O)(=O)c2cccc(C(F)(F)F)c2)c(C(=O)O)cc1OC. The molecule has 0 aliphatic rings. The molecule has 0 unspecified atom stereocenters. The Morgan fingerprint density at radius 1 is 1.07 bits per heavy atom. The molecule has 0 saturated heterocycles. The lowest BCUT2D eigenvalue weighted by Gasteiger charge is -2.15. The Bertz CT molecular complexity index is 973. The van der Waals surface area contributed by atoms with Gasteiger partial charge in [0.2, 0.25) is 0 Å². The molecule has 0 aromatic heterocycles. The molecule has 0 saturated carbocycles. The molecule has 0 fully saturated rings. The second-order valence-electron chi connectivity index (χ2n) is 5.19. The summed E-state index contributed by atoms with van der Waals surface area (Å²) in [5.41, 5.74) is -2.02. The number of carboxylic acids is 1. The van der Waals surface area contributed by atoms with Crippen molar-refractivity contribution in [2.75, 3.05) is 18.9 Å². The van der Waals surface area contributed by atoms with Crippen molar-refractivity contribution in [1.29, 1.82) is 0 Å². The van der Waals surface area contributed by atoms with E-state index in [1.54, 1.807) is 0 Å². The van der Waals surface area contributed by atoms with E-state index >= 15 is 0 Å². The lowest BCUT2D eigenvalue weighted by Crippen LogP contribution is -2.17. The minimum absolute atomic E-state index is 0.0317. The van der Waals surface area contributed by atoms with Gasteiger partial charge in [-0.15, -0.1) is 0 Å². The molecule has 2 aromatic carbocycles. The molecule has 0 amide bonds. The number of carbonyl (C=O) groups is 1. The van der Waals surface area contributed by atoms with E-state index in [0.29, 0.717) is 6.07 Å². The third-order valence-electron chi connectivity index (χ3n) is 3.47. The first kappa shape index (κ1) is 20.4. The summed E-state index contributed by atoms with van der Waals surface area (Å²) in [5.74, 6) is -1.40. The number of ether oxygens (including phenoxy) is 2. The van der Waals surface area contributed by atoms with Crippen molar-refractivity contribution in [3.05, 3.63) is 47.5 Å². The molecular formula is C16H14F3NO6S. The molecule has 0 spiro atoms. The van der Waals surface area contributed by atoms with Crippen LogP contribution in [0.1, 0.15) is 15.9 Å². The van der Waals surface area contributed by atoms with Gasteiger partial charge in [-0.2, -0.15) is 13.2 Å². The van der Waals surface area contributed by atoms with E-state index in [9.17, 15) is 31.5 Å². The van der Waals surface area contributed by atoms with Crippen LogP contribution in [0, 0.1) is 0 Å². The zero-order valence-electron chi connectivity index (χ0n) is 14.0. The van der Waals surface area contributed by atoms with Gasteiger partial charge >= 0.3 is 12.1 Å². The van der Waals surface area contributed by atoms with Crippen LogP contribution in [0.5, 0.6) is 11.5 Å². The van der Waals surface area contributed by atoms with Crippen molar-refractivity contribution >= 4 is 21.7 Å². The fourth-order valence-electron chi connectivity index (χ4n) is 2.18. The minimum atomic E-state index is -4.74. The lowest BCUT2D eigenvalue weighted by atomic mass is 10.1. The van der Waals surface area contributed by atoms with Crippen molar-refractivity contribution in [2.24, 2.45) is 0 Å². The Morgan fingerprint density at radius 2 is 1.67 bits per heavy atom. The molecule has 27 heavy (non-hydrogen) atoms. The van der Waals surface area contributed by atoms with Crippen molar-refractivity contribution in [3.63, 3.8) is 0 Å². The number of halogens is 3. The van der Waals surface area contributed by atoms with E-state index in [1.807, 2.05) is 4.72 Å². The second kappa shape index (κ2) is 7.35. The number of sulfonamides is 1. The summed E-state index contributed by atoms with van der Waals surface area (Å²) >= 11 is 0. The molecular weight excluding hydrogens is 391 g/mol. The van der Waals surface area contributed by atoms with Gasteiger partial charge in [0, 0.05) is 12.1 Å². The zero-order chi connectivity index (χ0) is 20.4. The fourth-order valence-corrected chi connectivity index (χ4v) is 3.30. The summed E-state index contributed by atoms with van der Waals surface area (Å²) in [6, 6.07) is 5.16. The van der Waals surface area contributed by atoms with Gasteiger partial charge in [-0.3, -0.25) is 4.72 Å². The summed E-state index contributed by atoms with van der Waals surface area (Å²) in [7, 11) is -1.99. The van der Waals surface area contributed by atoms with E-state index < -0.39 is 43.9 Å². The number of hydrogen-bond acceptors (Lipinski definition) is 5. The Labute approximate surface area is 152 Å². The maximum Gasteiger partial charge on any atom is 0.416 e. The van der Waals surface area contributed by atoms with Gasteiger partial charge in [-0.25, -0.2) is 13.2 Å². The number of benzene rings is 2. The first-order valence-electron chi connectivity index (χ1n) is 7.19. The monoisotopic (exact) mass is 405 g/mol. The molecule has 2 rings (SSSR count). The maximum atomic E-state index is 12.8. The topological polar surface area (TPSA) is 102 Å². The van der Waals surface area contributed by atoms with Gasteiger partial charge in [0.05, 0.1) is 35.9 Å². The highest BCUT2D eigenvalue weighted by Gasteiger charge is 2.32. The molecule has 2 aromatic rings. The van der Waals surface area contributed by atoms with Crippen molar-refractivity contribution in [1.82, 2.24) is 0 Å². The average Bonchev–Trinajstić information content (AvgIpc) is 2.60. The molecule has 2 N–H and O–H groups in total. The number of alkyl halides is 3. The van der Waals surface area contributed by atoms with Gasteiger partial charge < -0.3 is 14.6 Å². The number of rotatable bonds is 6. The van der Waals surface area contributed by atoms with Crippen LogP contribution >= 0.6 is 0 Å². The van der Waals surface area contributed by atoms with Gasteiger partial charge in [0.1, 0.15) is 0 Å². The van der Waals surface area contributed by atoms with Gasteiger partial charge in [0.25, 0.3) is 10.0 Å². The van der Waals surface area contributed by atoms with Crippen LogP contribution in [0.2, 0.25) is 0 Å². The van der Waals surface area contributed by atoms with E-state index in [-0.39, 0.29) is 11.5 Å². The lowest BCUT2D eigenvalue weighted by molar-refractivity contribution is -0.137. The highest BCUT2D eigenvalue weighted by Crippen LogP contribution is 2.35. The van der Waals surface area contributed by atoms with Crippen LogP contribution in [0.25, 0.3) is 0 Å². The average molecular weight is 405 g/mol. The third-order valence-corrected chi connectivity index (χ3v) is 4.83. The maximum absolute atomic E-state index is 12.8. The van der Waals surface area contributed by atoms with Crippen molar-refractivity contribution in [2.45, 2.75) is 11.1 Å². The van der Waals surface area contributed by atoms with Crippen LogP contribution in [-0.2, 0) is 16.2 Å². The van der Waals surface area contributed by atoms with E-state index in [2.05, 4.69) is 0 Å². The van der Waals surface area contributed by atoms with Crippen LogP contribution in [0.4, 0.5) is 18.9 Å². The van der Waals surface area contributed by atoms with Gasteiger partial charge in [-0.1, -0.05) is 6.07 Å². The standard InChI is InChI=1S/C16H14F3NO6S/c1-25-13-7-11(15(21)22)12(8-14(13)26-2)20-27(23,24)10-5-3-4-9(6-10)16(17,18)19/h3-8,20H,1-2H3,(H,21,22). The van der Waals surface area contributed by atoms with E-state index in [4.69, 9.17) is 9.47 Å². The quantitative estimate of drug-likeness (QED) is 0.765. The van der Waals surface area contributed by atoms with Crippen LogP contribution in [0.15, 0.2) is 41.3 Å². The Hall–Kier alpha value is -2.95. The first-order chi connectivity index (χ1) is 12.5. The van der Waals surface area contributed by atoms with Crippen LogP contribution < -0.4 is 14.2 Å². The highest BCUT2D eigenvalue weighted by atomic mass is 32.2. The molecule has 0 heterocycles. The van der Waals surface area contributed by atoms with E-state index in [1.165, 1.54) is 14.2 Å². The number of methoxy groups -OCH3 is 2. The summed E-state index contributed by atoms with van der Waals surface area (Å²) in [6.07, 6.45) is -4.74. The molecule has 0 aliphatic heterocycles. The Kier molecular flexibility index (Phi) is 5.54. The molecule has 146 valence electrons. The summed E-state index contributed by atoms with van der Waals surface area (Å²) in [5, 5.41) is 9.29. The smallest absolute Gasteiger partial charge is 0.416 e. The normalized spacial score (nSPS) is 11.7. The van der Waals surface area contributed by atoms with Gasteiger partial charge in [-0.05, 0) is 18.2 Å². The third kappa shape index (κ3) is 4.42. The van der Waals surface area contributed by atoms with Gasteiger partial charge in [0.15, 0.2) is 11.5 Å². The number of anilines is 1. The number of carboxylic acid groups (broad SMARTS) is 1. The second-order valence-corrected chi connectivity index (χ2v) is 6.87. The molecule has 11 heteroatoms. The number of nitrogens with one attached hydrogen (secondary N) is 1. The highest BCUT2D eigenvalue weighted by molar-refractivity contribution is 7.92. The van der Waals surface area contributed by atoms with Crippen molar-refractivity contribution in [3.8, 4) is 11.5 Å². The summed E-state index contributed by atoms with van der Waals surface area (Å²) < 4.78 is 75.3. The molecule has 0 radical (unpaired) electrons. The first-order valence-corrected chi connectivity index (χ1v) is 8.67. The summed E-state index contributed by atoms with van der Waals surface area (Å²) in [4.78, 5) is 10.7. The fraction of sp³-hybridized carbons (Fsp3) is 0.188. The molecule has 0 aliphatic carbocycles. The Morgan fingerprint density at radius 3 is 2.19 bits per heavy atom. The van der Waals surface area contributed by atoms with Crippen LogP contribution in [-0.4, -0.2) is 33.7 Å². The zero-order valence-corrected chi connectivity index (χ0v) is 14.8. The largest absolute Gasteiger partial charge is 0.493 e. The number of hydrogen-bond donors (Lipinski definition) is 2. The van der Waals surface area contributed by atoms with Crippen LogP contribution in [0.3, 0.4) is 0 Å². The van der Waals surface area contributed by atoms with E-state index in [0.717, 1.165) is 30.3 Å². The van der Waals surface area contributed by atoms with Crippen molar-refractivity contribution < 1.29 is 41.0 Å². The number of aromatic carboxylic acids is 1. The molecule has 7 nitrogen and oxygen atoms in total. The summed E-state index contributed by atoms with van der Waals surface area (Å²) in [6.45, 7) is 0. The predicted octanol–water partition coefficient (Wildman–Crippen LogP) is 3.22. The molecule has 0 bridgehead atoms. The Balaban J connectivity index is 2.53. The molecule has 0 atom stereocenters. The predicted molar refractivity (Wildman–Crippen MR) is 88.8 cm³/mol.